The highest BCUT2D eigenvalue weighted by atomic mass is 79.9. The molecule has 1 aromatic carbocycles. The van der Waals surface area contributed by atoms with Crippen molar-refractivity contribution in [3.05, 3.63) is 27.2 Å². The molecule has 116 valence electrons. The second kappa shape index (κ2) is 6.62. The van der Waals surface area contributed by atoms with E-state index in [1.54, 1.807) is 0 Å². The summed E-state index contributed by atoms with van der Waals surface area (Å²) in [6, 6.07) is 2.51. The van der Waals surface area contributed by atoms with Crippen LogP contribution in [0.4, 0.5) is 0 Å². The first-order chi connectivity index (χ1) is 9.79. The maximum absolute atomic E-state index is 12.2. The summed E-state index contributed by atoms with van der Waals surface area (Å²) < 4.78 is 28.4. The lowest BCUT2D eigenvalue weighted by molar-refractivity contribution is 0.0696. The third-order valence-corrected chi connectivity index (χ3v) is 5.31. The summed E-state index contributed by atoms with van der Waals surface area (Å²) in [6.07, 6.45) is 1.42. The normalized spacial score (nSPS) is 16.7. The minimum atomic E-state index is -3.94. The first-order valence-electron chi connectivity index (χ1n) is 6.19. The van der Waals surface area contributed by atoms with Crippen LogP contribution in [0.15, 0.2) is 21.5 Å². The van der Waals surface area contributed by atoms with Gasteiger partial charge in [-0.15, -0.1) is 0 Å². The smallest absolute Gasteiger partial charge is 0.253 e. The molecule has 1 heterocycles. The molecule has 21 heavy (non-hydrogen) atoms. The summed E-state index contributed by atoms with van der Waals surface area (Å²) in [4.78, 5) is 12.1. The van der Waals surface area contributed by atoms with E-state index in [1.165, 1.54) is 12.1 Å². The molecule has 0 bridgehead atoms. The Morgan fingerprint density at radius 2 is 2.00 bits per heavy atom. The lowest BCUT2D eigenvalue weighted by Crippen LogP contribution is -2.39. The van der Waals surface area contributed by atoms with Crippen molar-refractivity contribution in [1.29, 1.82) is 0 Å². The molecule has 1 fully saturated rings. The van der Waals surface area contributed by atoms with Gasteiger partial charge in [-0.25, -0.2) is 13.6 Å². The fourth-order valence-electron chi connectivity index (χ4n) is 2.03. The molecule has 0 atom stereocenters. The summed E-state index contributed by atoms with van der Waals surface area (Å²) in [6.45, 7) is 1.17. The molecular weight excluding hydrogens is 384 g/mol. The zero-order valence-corrected chi connectivity index (χ0v) is 14.1. The summed E-state index contributed by atoms with van der Waals surface area (Å²) in [7, 11) is -3.94. The third-order valence-electron chi connectivity index (χ3n) is 3.13. The zero-order chi connectivity index (χ0) is 15.6. The Morgan fingerprint density at radius 1 is 1.38 bits per heavy atom. The van der Waals surface area contributed by atoms with Crippen molar-refractivity contribution < 1.29 is 17.9 Å². The molecule has 1 amide bonds. The Morgan fingerprint density at radius 3 is 2.57 bits per heavy atom. The molecule has 0 aromatic heterocycles. The predicted molar refractivity (Wildman–Crippen MR) is 81.8 cm³/mol. The van der Waals surface area contributed by atoms with Crippen LogP contribution in [0, 0.1) is 0 Å². The molecular formula is C12H14BrClN2O4S. The highest BCUT2D eigenvalue weighted by Crippen LogP contribution is 2.28. The summed E-state index contributed by atoms with van der Waals surface area (Å²) in [5.74, 6) is -0.427. The average molecular weight is 398 g/mol. The van der Waals surface area contributed by atoms with Gasteiger partial charge in [-0.3, -0.25) is 4.79 Å². The van der Waals surface area contributed by atoms with Gasteiger partial charge in [0.2, 0.25) is 10.0 Å². The molecule has 2 rings (SSSR count). The topological polar surface area (TPSA) is 98.5 Å². The van der Waals surface area contributed by atoms with Crippen LogP contribution >= 0.6 is 27.5 Å². The van der Waals surface area contributed by atoms with Gasteiger partial charge in [0.05, 0.1) is 15.5 Å². The van der Waals surface area contributed by atoms with Crippen LogP contribution in [0.2, 0.25) is 5.02 Å². The Bertz CT molecular complexity index is 659. The van der Waals surface area contributed by atoms with Crippen LogP contribution in [0.1, 0.15) is 23.2 Å². The molecule has 0 spiro atoms. The van der Waals surface area contributed by atoms with E-state index < -0.39 is 15.9 Å². The minimum Gasteiger partial charge on any atom is -0.381 e. The highest BCUT2D eigenvalue weighted by molar-refractivity contribution is 9.10. The molecule has 3 N–H and O–H groups in total. The van der Waals surface area contributed by atoms with Crippen LogP contribution in [0.25, 0.3) is 0 Å². The van der Waals surface area contributed by atoms with Crippen molar-refractivity contribution >= 4 is 43.5 Å². The van der Waals surface area contributed by atoms with E-state index in [0.717, 1.165) is 0 Å². The number of hydrogen-bond donors (Lipinski definition) is 2. The first-order valence-corrected chi connectivity index (χ1v) is 8.91. The van der Waals surface area contributed by atoms with Crippen molar-refractivity contribution in [3.8, 4) is 0 Å². The number of benzene rings is 1. The second-order valence-electron chi connectivity index (χ2n) is 4.67. The van der Waals surface area contributed by atoms with E-state index in [-0.39, 0.29) is 26.0 Å². The fourth-order valence-corrected chi connectivity index (χ4v) is 4.04. The first kappa shape index (κ1) is 16.7. The molecule has 0 unspecified atom stereocenters. The van der Waals surface area contributed by atoms with Crippen LogP contribution in [-0.2, 0) is 14.8 Å². The lowest BCUT2D eigenvalue weighted by atomic mass is 10.1. The molecule has 0 radical (unpaired) electrons. The Hall–Kier alpha value is -0.670. The van der Waals surface area contributed by atoms with Gasteiger partial charge in [-0.2, -0.15) is 0 Å². The Kier molecular flexibility index (Phi) is 5.26. The number of carbonyl (C=O) groups excluding carboxylic acids is 1. The number of rotatable bonds is 3. The third kappa shape index (κ3) is 4.17. The lowest BCUT2D eigenvalue weighted by Gasteiger charge is -2.23. The van der Waals surface area contributed by atoms with E-state index >= 15 is 0 Å². The van der Waals surface area contributed by atoms with Crippen molar-refractivity contribution in [3.63, 3.8) is 0 Å². The van der Waals surface area contributed by atoms with Crippen molar-refractivity contribution in [2.75, 3.05) is 13.2 Å². The zero-order valence-electron chi connectivity index (χ0n) is 10.9. The van der Waals surface area contributed by atoms with E-state index in [0.29, 0.717) is 26.1 Å². The molecule has 1 aromatic rings. The maximum atomic E-state index is 12.2. The number of carbonyl (C=O) groups is 1. The molecule has 1 saturated heterocycles. The van der Waals surface area contributed by atoms with Gasteiger partial charge < -0.3 is 10.1 Å². The predicted octanol–water partition coefficient (Wildman–Crippen LogP) is 1.66. The van der Waals surface area contributed by atoms with Crippen LogP contribution in [0.3, 0.4) is 0 Å². The number of ether oxygens (including phenoxy) is 1. The number of nitrogens with two attached hydrogens (primary N) is 1. The number of halogens is 2. The maximum Gasteiger partial charge on any atom is 0.253 e. The highest BCUT2D eigenvalue weighted by Gasteiger charge is 2.22. The van der Waals surface area contributed by atoms with Crippen LogP contribution < -0.4 is 10.5 Å². The van der Waals surface area contributed by atoms with Gasteiger partial charge in [0.1, 0.15) is 0 Å². The van der Waals surface area contributed by atoms with E-state index in [2.05, 4.69) is 21.2 Å². The average Bonchev–Trinajstić information content (AvgIpc) is 2.38. The summed E-state index contributed by atoms with van der Waals surface area (Å²) >= 11 is 9.09. The van der Waals surface area contributed by atoms with Gasteiger partial charge in [-0.05, 0) is 40.9 Å². The van der Waals surface area contributed by atoms with E-state index in [4.69, 9.17) is 21.5 Å². The van der Waals surface area contributed by atoms with Gasteiger partial charge in [0, 0.05) is 23.7 Å². The monoisotopic (exact) mass is 396 g/mol. The van der Waals surface area contributed by atoms with Crippen molar-refractivity contribution in [1.82, 2.24) is 5.32 Å². The van der Waals surface area contributed by atoms with E-state index in [9.17, 15) is 13.2 Å². The molecule has 6 nitrogen and oxygen atoms in total. The molecule has 1 aliphatic heterocycles. The number of hydrogen-bond acceptors (Lipinski definition) is 4. The van der Waals surface area contributed by atoms with Gasteiger partial charge >= 0.3 is 0 Å². The Balaban J connectivity index is 2.28. The van der Waals surface area contributed by atoms with Gasteiger partial charge in [0.15, 0.2) is 0 Å². The van der Waals surface area contributed by atoms with E-state index in [1.807, 2.05) is 0 Å². The largest absolute Gasteiger partial charge is 0.381 e. The van der Waals surface area contributed by atoms with Crippen molar-refractivity contribution in [2.45, 2.75) is 23.8 Å². The quantitative estimate of drug-likeness (QED) is 0.810. The molecule has 0 saturated carbocycles. The minimum absolute atomic E-state index is 0.0103. The fraction of sp³-hybridized carbons (Fsp3) is 0.417. The van der Waals surface area contributed by atoms with Crippen LogP contribution in [-0.4, -0.2) is 33.6 Å². The molecule has 1 aliphatic rings. The SMILES string of the molecule is NS(=O)(=O)c1cc(C(=O)NC2CCOCC2)c(Cl)cc1Br. The number of primary sulfonamides is 1. The number of amides is 1. The van der Waals surface area contributed by atoms with Gasteiger partial charge in [-0.1, -0.05) is 11.6 Å². The number of sulfonamides is 1. The van der Waals surface area contributed by atoms with Crippen LogP contribution in [0.5, 0.6) is 0 Å². The van der Waals surface area contributed by atoms with Gasteiger partial charge in [0.25, 0.3) is 5.91 Å². The second-order valence-corrected chi connectivity index (χ2v) is 7.46. The van der Waals surface area contributed by atoms with Crippen molar-refractivity contribution in [2.24, 2.45) is 5.14 Å². The summed E-state index contributed by atoms with van der Waals surface area (Å²) in [5, 5.41) is 8.08. The molecule has 9 heteroatoms. The number of nitrogens with one attached hydrogen (secondary N) is 1. The Labute approximate surface area is 136 Å². The molecule has 0 aliphatic carbocycles. The standard InChI is InChI=1S/C12H14BrClN2O4S/c13-9-6-10(14)8(5-11(9)21(15,18)19)12(17)16-7-1-3-20-4-2-7/h5-7H,1-4H2,(H,16,17)(H2,15,18,19). The summed E-state index contributed by atoms with van der Waals surface area (Å²) in [5.41, 5.74) is 0.0791.